The number of anilines is 4. The first kappa shape index (κ1) is 28.0. The molecular weight excluding hydrogens is 540 g/mol. The summed E-state index contributed by atoms with van der Waals surface area (Å²) < 4.78 is 1.69. The monoisotopic (exact) mass is 574 g/mol. The first-order valence-electron chi connectivity index (χ1n) is 14.4. The quantitative estimate of drug-likeness (QED) is 0.280. The van der Waals surface area contributed by atoms with Crippen molar-refractivity contribution in [2.45, 2.75) is 20.4 Å². The maximum atomic E-state index is 13.6. The second-order valence-electron chi connectivity index (χ2n) is 10.7. The predicted molar refractivity (Wildman–Crippen MR) is 172 cm³/mol. The van der Waals surface area contributed by atoms with Gasteiger partial charge in [-0.2, -0.15) is 4.98 Å². The number of nitrogens with zero attached hydrogens (tertiary/aromatic N) is 6. The van der Waals surface area contributed by atoms with Gasteiger partial charge in [-0.15, -0.1) is 0 Å². The Morgan fingerprint density at radius 3 is 2.21 bits per heavy atom. The summed E-state index contributed by atoms with van der Waals surface area (Å²) in [6.45, 7) is 8.02. The lowest BCUT2D eigenvalue weighted by Gasteiger charge is -2.34. The van der Waals surface area contributed by atoms with E-state index >= 15 is 0 Å². The Balaban J connectivity index is 1.22. The van der Waals surface area contributed by atoms with Gasteiger partial charge >= 0.3 is 0 Å². The number of carbonyl (C=O) groups is 1. The van der Waals surface area contributed by atoms with Gasteiger partial charge in [-0.25, -0.2) is 9.97 Å². The average molecular weight is 575 g/mol. The summed E-state index contributed by atoms with van der Waals surface area (Å²) in [5, 5.41) is 6.75. The number of benzene rings is 2. The largest absolute Gasteiger partial charge is 0.369 e. The highest BCUT2D eigenvalue weighted by atomic mass is 16.1. The van der Waals surface area contributed by atoms with Crippen LogP contribution in [-0.2, 0) is 11.3 Å². The summed E-state index contributed by atoms with van der Waals surface area (Å²) in [4.78, 5) is 43.2. The number of nitrogens with one attached hydrogen (secondary N) is 2. The van der Waals surface area contributed by atoms with Crippen LogP contribution in [0.15, 0.2) is 83.9 Å². The molecule has 3 aromatic heterocycles. The lowest BCUT2D eigenvalue weighted by molar-refractivity contribution is -0.114. The third kappa shape index (κ3) is 6.09. The van der Waals surface area contributed by atoms with Gasteiger partial charge in [0, 0.05) is 79.9 Å². The molecule has 1 saturated heterocycles. The average Bonchev–Trinajstić information content (AvgIpc) is 3.02. The van der Waals surface area contributed by atoms with Crippen molar-refractivity contribution in [2.75, 3.05) is 48.8 Å². The van der Waals surface area contributed by atoms with Crippen LogP contribution < -0.4 is 21.1 Å². The Kier molecular flexibility index (Phi) is 7.84. The Bertz CT molecular complexity index is 1810. The smallest absolute Gasteiger partial charge is 0.260 e. The zero-order valence-electron chi connectivity index (χ0n) is 24.5. The van der Waals surface area contributed by atoms with Crippen LogP contribution in [0, 0.1) is 0 Å². The van der Waals surface area contributed by atoms with Gasteiger partial charge < -0.3 is 20.4 Å². The number of piperazine rings is 1. The zero-order chi connectivity index (χ0) is 29.9. The van der Waals surface area contributed by atoms with Gasteiger partial charge in [0.1, 0.15) is 11.5 Å². The zero-order valence-corrected chi connectivity index (χ0v) is 24.5. The molecule has 43 heavy (non-hydrogen) atoms. The predicted octanol–water partition coefficient (Wildman–Crippen LogP) is 4.99. The Hall–Kier alpha value is -5.09. The van der Waals surface area contributed by atoms with Crippen LogP contribution >= 0.6 is 0 Å². The lowest BCUT2D eigenvalue weighted by atomic mass is 10.0. The third-order valence-electron chi connectivity index (χ3n) is 7.73. The van der Waals surface area contributed by atoms with E-state index in [1.54, 1.807) is 23.0 Å². The van der Waals surface area contributed by atoms with Gasteiger partial charge in [-0.3, -0.25) is 14.2 Å². The molecule has 1 fully saturated rings. The minimum Gasteiger partial charge on any atom is -0.369 e. The highest BCUT2D eigenvalue weighted by molar-refractivity contribution is 5.88. The first-order valence-corrected chi connectivity index (χ1v) is 14.4. The summed E-state index contributed by atoms with van der Waals surface area (Å²) in [5.74, 6) is 0.780. The molecule has 0 radical (unpaired) electrons. The number of aryl methyl sites for hydroxylation is 1. The molecule has 0 spiro atoms. The van der Waals surface area contributed by atoms with Crippen LogP contribution in [0.5, 0.6) is 0 Å². The van der Waals surface area contributed by atoms with E-state index in [9.17, 15) is 9.59 Å². The van der Waals surface area contributed by atoms with Gasteiger partial charge in [0.05, 0.1) is 0 Å². The van der Waals surface area contributed by atoms with Crippen molar-refractivity contribution in [3.8, 4) is 22.3 Å². The van der Waals surface area contributed by atoms with Crippen LogP contribution in [0.3, 0.4) is 0 Å². The van der Waals surface area contributed by atoms with E-state index in [1.807, 2.05) is 55.5 Å². The molecule has 0 unspecified atom stereocenters. The molecule has 6 rings (SSSR count). The van der Waals surface area contributed by atoms with Gasteiger partial charge in [-0.1, -0.05) is 24.3 Å². The molecule has 2 aromatic carbocycles. The number of hydrogen-bond donors (Lipinski definition) is 2. The second kappa shape index (κ2) is 12.0. The molecule has 1 amide bonds. The summed E-state index contributed by atoms with van der Waals surface area (Å²) in [6, 6.07) is 21.6. The number of fused-ring (bicyclic) bond motifs is 1. The number of carbonyl (C=O) groups excluding carboxylic acids is 1. The van der Waals surface area contributed by atoms with E-state index in [1.165, 1.54) is 12.6 Å². The van der Waals surface area contributed by atoms with E-state index < -0.39 is 0 Å². The molecule has 0 saturated carbocycles. The highest BCUT2D eigenvalue weighted by Crippen LogP contribution is 2.26. The Labute approximate surface area is 250 Å². The van der Waals surface area contributed by atoms with Gasteiger partial charge in [0.15, 0.2) is 0 Å². The van der Waals surface area contributed by atoms with Crippen LogP contribution in [-0.4, -0.2) is 63.6 Å². The normalized spacial score (nSPS) is 13.7. The lowest BCUT2D eigenvalue weighted by Crippen LogP contribution is -2.44. The van der Waals surface area contributed by atoms with Crippen LogP contribution in [0.4, 0.5) is 23.1 Å². The summed E-state index contributed by atoms with van der Waals surface area (Å²) in [7, 11) is 2.15. The van der Waals surface area contributed by atoms with Crippen LogP contribution in [0.1, 0.15) is 13.8 Å². The molecule has 4 heterocycles. The molecule has 10 nitrogen and oxygen atoms in total. The highest BCUT2D eigenvalue weighted by Gasteiger charge is 2.15. The summed E-state index contributed by atoms with van der Waals surface area (Å²) in [6.07, 6.45) is 3.47. The molecule has 0 aliphatic carbocycles. The van der Waals surface area contributed by atoms with Crippen LogP contribution in [0.2, 0.25) is 0 Å². The molecule has 1 aliphatic heterocycles. The van der Waals surface area contributed by atoms with Crippen molar-refractivity contribution < 1.29 is 4.79 Å². The van der Waals surface area contributed by atoms with Gasteiger partial charge in [-0.05, 0) is 67.6 Å². The molecule has 0 atom stereocenters. The van der Waals surface area contributed by atoms with Crippen molar-refractivity contribution >= 4 is 40.1 Å². The summed E-state index contributed by atoms with van der Waals surface area (Å²) >= 11 is 0. The van der Waals surface area contributed by atoms with Crippen molar-refractivity contribution in [1.29, 1.82) is 0 Å². The SMILES string of the molecule is CCn1c(=O)c(-c2ccc(-c3ccc(NC(C)=O)nc3)cc2)cc2cnc(Nc3ccc(N4CCN(C)CC4)cc3)nc21. The molecule has 0 bridgehead atoms. The van der Waals surface area contributed by atoms with E-state index in [0.29, 0.717) is 29.5 Å². The first-order chi connectivity index (χ1) is 20.9. The molecule has 10 heteroatoms. The molecular formula is C33H34N8O2. The fourth-order valence-corrected chi connectivity index (χ4v) is 5.33. The van der Waals surface area contributed by atoms with Gasteiger partial charge in [0.2, 0.25) is 11.9 Å². The minimum atomic E-state index is -0.165. The number of likely N-dealkylation sites (N-methyl/N-ethyl adjacent to an activating group) is 1. The Morgan fingerprint density at radius 2 is 1.56 bits per heavy atom. The van der Waals surface area contributed by atoms with Crippen molar-refractivity contribution in [3.05, 3.63) is 89.5 Å². The molecule has 1 aliphatic rings. The van der Waals surface area contributed by atoms with E-state index in [-0.39, 0.29) is 11.5 Å². The van der Waals surface area contributed by atoms with Crippen LogP contribution in [0.25, 0.3) is 33.3 Å². The van der Waals surface area contributed by atoms with E-state index in [2.05, 4.69) is 49.6 Å². The fraction of sp³-hybridized carbons (Fsp3) is 0.242. The molecule has 5 aromatic rings. The fourth-order valence-electron chi connectivity index (χ4n) is 5.33. The minimum absolute atomic E-state index is 0.106. The number of hydrogen-bond acceptors (Lipinski definition) is 8. The number of aromatic nitrogens is 4. The standard InChI is InChI=1S/C33H34N8O2/c1-4-41-31-26(21-35-33(38-31)37-27-10-12-28(13-11-27)40-17-15-39(3)16-18-40)19-29(32(41)43)24-7-5-23(6-8-24)25-9-14-30(34-20-25)36-22(2)42/h5-14,19-21H,4,15-18H2,1-3H3,(H,34,36,42)(H,35,37,38). The Morgan fingerprint density at radius 1 is 0.860 bits per heavy atom. The second-order valence-corrected chi connectivity index (χ2v) is 10.7. The van der Waals surface area contributed by atoms with E-state index in [0.717, 1.165) is 53.9 Å². The topological polar surface area (TPSA) is 108 Å². The van der Waals surface area contributed by atoms with E-state index in [4.69, 9.17) is 4.98 Å². The number of rotatable bonds is 7. The molecule has 218 valence electrons. The third-order valence-corrected chi connectivity index (χ3v) is 7.73. The summed E-state index contributed by atoms with van der Waals surface area (Å²) in [5.41, 5.74) is 5.84. The maximum Gasteiger partial charge on any atom is 0.260 e. The number of amides is 1. The van der Waals surface area contributed by atoms with Gasteiger partial charge in [0.25, 0.3) is 5.56 Å². The van der Waals surface area contributed by atoms with Crippen molar-refractivity contribution in [3.63, 3.8) is 0 Å². The molecule has 2 N–H and O–H groups in total. The maximum absolute atomic E-state index is 13.6. The van der Waals surface area contributed by atoms with Crippen molar-refractivity contribution in [2.24, 2.45) is 0 Å². The number of pyridine rings is 2. The van der Waals surface area contributed by atoms with Crippen molar-refractivity contribution in [1.82, 2.24) is 24.4 Å².